The second-order valence-corrected chi connectivity index (χ2v) is 5.34. The first kappa shape index (κ1) is 15.2. The van der Waals surface area contributed by atoms with Crippen molar-refractivity contribution in [3.05, 3.63) is 35.9 Å². The highest BCUT2D eigenvalue weighted by Gasteiger charge is 2.38. The fourth-order valence-corrected chi connectivity index (χ4v) is 2.33. The van der Waals surface area contributed by atoms with E-state index in [1.165, 1.54) is 11.8 Å². The van der Waals surface area contributed by atoms with Crippen LogP contribution < -0.4 is 0 Å². The third-order valence-electron chi connectivity index (χ3n) is 3.66. The molecule has 1 aliphatic rings. The number of aliphatic carboxylic acids is 1. The molecule has 1 atom stereocenters. The summed E-state index contributed by atoms with van der Waals surface area (Å²) in [6.45, 7) is 1.51. The van der Waals surface area contributed by atoms with Crippen molar-refractivity contribution in [1.82, 2.24) is 4.90 Å². The number of ketones is 1. The molecule has 1 fully saturated rings. The zero-order valence-electron chi connectivity index (χ0n) is 12.0. The number of carboxylic acids is 1. The van der Waals surface area contributed by atoms with Gasteiger partial charge in [-0.3, -0.25) is 9.59 Å². The molecule has 5 nitrogen and oxygen atoms in total. The molecule has 1 N–H and O–H groups in total. The van der Waals surface area contributed by atoms with Crippen molar-refractivity contribution in [3.8, 4) is 0 Å². The minimum atomic E-state index is -1.01. The number of carbonyl (C=O) groups excluding carboxylic acids is 2. The smallest absolute Gasteiger partial charge is 0.326 e. The van der Waals surface area contributed by atoms with Gasteiger partial charge in [0.05, 0.1) is 0 Å². The van der Waals surface area contributed by atoms with Gasteiger partial charge in [0.2, 0.25) is 5.91 Å². The molecule has 21 heavy (non-hydrogen) atoms. The van der Waals surface area contributed by atoms with E-state index in [1.54, 1.807) is 24.3 Å². The molecule has 112 valence electrons. The lowest BCUT2D eigenvalue weighted by Crippen LogP contribution is -2.44. The predicted molar refractivity (Wildman–Crippen MR) is 77.0 cm³/mol. The third kappa shape index (κ3) is 3.90. The van der Waals surface area contributed by atoms with Crippen LogP contribution in [0.4, 0.5) is 0 Å². The molecule has 1 aliphatic carbocycles. The average molecular weight is 289 g/mol. The molecule has 2 rings (SSSR count). The van der Waals surface area contributed by atoms with Gasteiger partial charge in [0.1, 0.15) is 6.04 Å². The van der Waals surface area contributed by atoms with E-state index in [2.05, 4.69) is 0 Å². The zero-order valence-corrected chi connectivity index (χ0v) is 12.0. The molecular weight excluding hydrogens is 270 g/mol. The van der Waals surface area contributed by atoms with Gasteiger partial charge in [-0.05, 0) is 19.8 Å². The number of nitrogens with zero attached hydrogens (tertiary/aromatic N) is 1. The maximum Gasteiger partial charge on any atom is 0.326 e. The molecule has 0 aliphatic heterocycles. The van der Waals surface area contributed by atoms with E-state index in [4.69, 9.17) is 5.11 Å². The molecule has 1 aromatic carbocycles. The van der Waals surface area contributed by atoms with Crippen LogP contribution in [0.5, 0.6) is 0 Å². The second kappa shape index (κ2) is 6.52. The van der Waals surface area contributed by atoms with Gasteiger partial charge < -0.3 is 10.0 Å². The van der Waals surface area contributed by atoms with Gasteiger partial charge in [-0.1, -0.05) is 30.3 Å². The Morgan fingerprint density at radius 3 is 2.33 bits per heavy atom. The number of rotatable bonds is 7. The lowest BCUT2D eigenvalue weighted by Gasteiger charge is -2.26. The molecule has 0 aromatic heterocycles. The number of Topliss-reactive ketones (excluding diaryl/α,β-unsaturated/α-hetero) is 1. The summed E-state index contributed by atoms with van der Waals surface area (Å²) in [5.74, 6) is -1.36. The fraction of sp³-hybridized carbons (Fsp3) is 0.438. The van der Waals surface area contributed by atoms with Crippen LogP contribution in [0.1, 0.15) is 43.0 Å². The van der Waals surface area contributed by atoms with E-state index in [1.807, 2.05) is 6.07 Å². The molecule has 0 spiro atoms. The van der Waals surface area contributed by atoms with Gasteiger partial charge in [0.25, 0.3) is 0 Å². The Kier molecular flexibility index (Phi) is 4.73. The van der Waals surface area contributed by atoms with E-state index in [0.29, 0.717) is 5.56 Å². The molecule has 0 saturated heterocycles. The fourth-order valence-electron chi connectivity index (χ4n) is 2.33. The van der Waals surface area contributed by atoms with E-state index >= 15 is 0 Å². The quantitative estimate of drug-likeness (QED) is 0.780. The summed E-state index contributed by atoms with van der Waals surface area (Å²) in [7, 11) is 0. The predicted octanol–water partition coefficient (Wildman–Crippen LogP) is 2.11. The normalized spacial score (nSPS) is 15.3. The van der Waals surface area contributed by atoms with Gasteiger partial charge in [-0.2, -0.15) is 0 Å². The largest absolute Gasteiger partial charge is 0.480 e. The van der Waals surface area contributed by atoms with Crippen LogP contribution in [-0.2, 0) is 9.59 Å². The first-order chi connectivity index (χ1) is 10.0. The SMILES string of the molecule is CC(C(=O)O)N(C(=O)CCC(=O)c1ccccc1)C1CC1. The minimum Gasteiger partial charge on any atom is -0.480 e. The third-order valence-corrected chi connectivity index (χ3v) is 3.66. The Labute approximate surface area is 123 Å². The molecule has 0 bridgehead atoms. The van der Waals surface area contributed by atoms with Crippen LogP contribution >= 0.6 is 0 Å². The molecule has 5 heteroatoms. The van der Waals surface area contributed by atoms with E-state index in [9.17, 15) is 14.4 Å². The number of amides is 1. The van der Waals surface area contributed by atoms with Crippen LogP contribution in [0, 0.1) is 0 Å². The molecule has 1 aromatic rings. The standard InChI is InChI=1S/C16H19NO4/c1-11(16(20)21)17(13-7-8-13)15(19)10-9-14(18)12-5-3-2-4-6-12/h2-6,11,13H,7-10H2,1H3,(H,20,21). The van der Waals surface area contributed by atoms with Crippen molar-refractivity contribution in [2.75, 3.05) is 0 Å². The summed E-state index contributed by atoms with van der Waals surface area (Å²) in [4.78, 5) is 36.7. The maximum atomic E-state index is 12.2. The van der Waals surface area contributed by atoms with Crippen LogP contribution in [0.3, 0.4) is 0 Å². The molecule has 0 radical (unpaired) electrons. The van der Waals surface area contributed by atoms with Crippen LogP contribution in [0.2, 0.25) is 0 Å². The van der Waals surface area contributed by atoms with Crippen LogP contribution in [0.25, 0.3) is 0 Å². The van der Waals surface area contributed by atoms with E-state index in [0.717, 1.165) is 12.8 Å². The van der Waals surface area contributed by atoms with Crippen LogP contribution in [0.15, 0.2) is 30.3 Å². The summed E-state index contributed by atoms with van der Waals surface area (Å²) in [6.07, 6.45) is 1.85. The Balaban J connectivity index is 1.93. The highest BCUT2D eigenvalue weighted by molar-refractivity contribution is 5.98. The van der Waals surface area contributed by atoms with E-state index in [-0.39, 0.29) is 30.6 Å². The summed E-state index contributed by atoms with van der Waals surface area (Å²) in [6, 6.07) is 7.99. The van der Waals surface area contributed by atoms with Gasteiger partial charge in [-0.15, -0.1) is 0 Å². The topological polar surface area (TPSA) is 74.7 Å². The van der Waals surface area contributed by atoms with Crippen molar-refractivity contribution in [2.45, 2.75) is 44.7 Å². The number of carbonyl (C=O) groups is 3. The summed E-state index contributed by atoms with van der Waals surface area (Å²) in [5, 5.41) is 9.07. The number of hydrogen-bond acceptors (Lipinski definition) is 3. The summed E-state index contributed by atoms with van der Waals surface area (Å²) < 4.78 is 0. The number of hydrogen-bond donors (Lipinski definition) is 1. The van der Waals surface area contributed by atoms with Gasteiger partial charge in [0.15, 0.2) is 5.78 Å². The molecular formula is C16H19NO4. The van der Waals surface area contributed by atoms with Crippen molar-refractivity contribution in [1.29, 1.82) is 0 Å². The van der Waals surface area contributed by atoms with Gasteiger partial charge in [-0.25, -0.2) is 4.79 Å². The number of benzene rings is 1. The molecule has 0 heterocycles. The van der Waals surface area contributed by atoms with Crippen LogP contribution in [-0.4, -0.2) is 39.7 Å². The Morgan fingerprint density at radius 1 is 1.19 bits per heavy atom. The van der Waals surface area contributed by atoms with Crippen molar-refractivity contribution < 1.29 is 19.5 Å². The van der Waals surface area contributed by atoms with Crippen molar-refractivity contribution >= 4 is 17.7 Å². The minimum absolute atomic E-state index is 0.0235. The highest BCUT2D eigenvalue weighted by Crippen LogP contribution is 2.29. The Hall–Kier alpha value is -2.17. The summed E-state index contributed by atoms with van der Waals surface area (Å²) >= 11 is 0. The summed E-state index contributed by atoms with van der Waals surface area (Å²) in [5.41, 5.74) is 0.578. The van der Waals surface area contributed by atoms with Crippen molar-refractivity contribution in [2.24, 2.45) is 0 Å². The monoisotopic (exact) mass is 289 g/mol. The Bertz CT molecular complexity index is 536. The molecule has 1 saturated carbocycles. The second-order valence-electron chi connectivity index (χ2n) is 5.34. The lowest BCUT2D eigenvalue weighted by atomic mass is 10.1. The van der Waals surface area contributed by atoms with Crippen molar-refractivity contribution in [3.63, 3.8) is 0 Å². The Morgan fingerprint density at radius 2 is 1.81 bits per heavy atom. The number of carboxylic acid groups (broad SMARTS) is 1. The average Bonchev–Trinajstić information content (AvgIpc) is 3.30. The van der Waals surface area contributed by atoms with Gasteiger partial charge in [0, 0.05) is 24.4 Å². The zero-order chi connectivity index (χ0) is 15.4. The maximum absolute atomic E-state index is 12.2. The lowest BCUT2D eigenvalue weighted by molar-refractivity contribution is -0.150. The highest BCUT2D eigenvalue weighted by atomic mass is 16.4. The molecule has 1 amide bonds. The first-order valence-electron chi connectivity index (χ1n) is 7.13. The molecule has 1 unspecified atom stereocenters. The van der Waals surface area contributed by atoms with E-state index < -0.39 is 12.0 Å². The first-order valence-corrected chi connectivity index (χ1v) is 7.13. The van der Waals surface area contributed by atoms with Gasteiger partial charge >= 0.3 is 5.97 Å².